The maximum Gasteiger partial charge on any atom is 0.320 e. The molecular formula is C15H17N7O2. The molecule has 124 valence electrons. The molecule has 0 aromatic carbocycles. The van der Waals surface area contributed by atoms with Crippen molar-refractivity contribution in [1.82, 2.24) is 30.1 Å². The Labute approximate surface area is 136 Å². The number of H-pyrrole nitrogens is 1. The van der Waals surface area contributed by atoms with Crippen LogP contribution in [0.15, 0.2) is 24.7 Å². The third kappa shape index (κ3) is 2.38. The molecule has 1 aliphatic heterocycles. The summed E-state index contributed by atoms with van der Waals surface area (Å²) in [5.74, 6) is -0.181. The molecule has 1 fully saturated rings. The molecule has 1 saturated heterocycles. The zero-order valence-electron chi connectivity index (χ0n) is 12.8. The number of aromatic amines is 1. The van der Waals surface area contributed by atoms with Gasteiger partial charge >= 0.3 is 5.97 Å². The third-order valence-electron chi connectivity index (χ3n) is 4.46. The van der Waals surface area contributed by atoms with Crippen molar-refractivity contribution in [2.75, 3.05) is 12.3 Å². The first kappa shape index (κ1) is 14.6. The highest BCUT2D eigenvalue weighted by Crippen LogP contribution is 2.29. The molecule has 3 aromatic rings. The molecule has 0 saturated carbocycles. The molecule has 5 N–H and O–H groups in total. The summed E-state index contributed by atoms with van der Waals surface area (Å²) in [5, 5.41) is 23.2. The Morgan fingerprint density at radius 3 is 2.92 bits per heavy atom. The van der Waals surface area contributed by atoms with Crippen LogP contribution in [0.2, 0.25) is 0 Å². The Hall–Kier alpha value is -2.94. The van der Waals surface area contributed by atoms with Gasteiger partial charge in [-0.25, -0.2) is 4.98 Å². The second kappa shape index (κ2) is 5.60. The molecule has 0 aliphatic carbocycles. The number of hydrogen-bond donors (Lipinski definition) is 4. The first-order valence-electron chi connectivity index (χ1n) is 7.73. The van der Waals surface area contributed by atoms with Crippen molar-refractivity contribution in [2.45, 2.75) is 24.8 Å². The zero-order valence-corrected chi connectivity index (χ0v) is 12.8. The predicted octanol–water partition coefficient (Wildman–Crippen LogP) is 0.622. The van der Waals surface area contributed by atoms with Gasteiger partial charge in [-0.1, -0.05) is 0 Å². The van der Waals surface area contributed by atoms with Gasteiger partial charge in [-0.15, -0.1) is 0 Å². The van der Waals surface area contributed by atoms with Crippen LogP contribution in [0.5, 0.6) is 0 Å². The molecule has 2 atom stereocenters. The van der Waals surface area contributed by atoms with E-state index in [2.05, 4.69) is 20.6 Å². The maximum absolute atomic E-state index is 11.0. The number of nitrogens with zero attached hydrogens (tertiary/aromatic N) is 4. The summed E-state index contributed by atoms with van der Waals surface area (Å²) < 4.78 is 1.60. The average Bonchev–Trinajstić information content (AvgIpc) is 3.24. The lowest BCUT2D eigenvalue weighted by molar-refractivity contribution is -0.140. The van der Waals surface area contributed by atoms with Gasteiger partial charge in [0.05, 0.1) is 18.1 Å². The number of piperidine rings is 1. The topological polar surface area (TPSA) is 134 Å². The van der Waals surface area contributed by atoms with E-state index in [1.165, 1.54) is 0 Å². The van der Waals surface area contributed by atoms with Gasteiger partial charge in [0, 0.05) is 35.9 Å². The summed E-state index contributed by atoms with van der Waals surface area (Å²) >= 11 is 0. The van der Waals surface area contributed by atoms with E-state index in [1.807, 2.05) is 6.07 Å². The number of rotatable bonds is 3. The van der Waals surface area contributed by atoms with Crippen LogP contribution in [0.3, 0.4) is 0 Å². The van der Waals surface area contributed by atoms with E-state index in [-0.39, 0.29) is 5.92 Å². The summed E-state index contributed by atoms with van der Waals surface area (Å²) in [5.41, 5.74) is 9.39. The highest BCUT2D eigenvalue weighted by atomic mass is 16.4. The number of nitrogen functional groups attached to an aromatic ring is 1. The quantitative estimate of drug-likeness (QED) is 0.554. The van der Waals surface area contributed by atoms with Gasteiger partial charge in [-0.05, 0) is 12.8 Å². The number of carbonyl (C=O) groups is 1. The van der Waals surface area contributed by atoms with E-state index in [4.69, 9.17) is 15.8 Å². The molecule has 0 spiro atoms. The Bertz CT molecular complexity index is 879. The SMILES string of the molecule is Nc1cc(C2CCC(C(=O)O)NC2)nc2c(-c3cn[nH]c3)cnn12. The van der Waals surface area contributed by atoms with Crippen molar-refractivity contribution in [3.63, 3.8) is 0 Å². The van der Waals surface area contributed by atoms with Crippen LogP contribution in [-0.4, -0.2) is 48.5 Å². The van der Waals surface area contributed by atoms with Crippen LogP contribution < -0.4 is 11.1 Å². The Kier molecular flexibility index (Phi) is 3.42. The van der Waals surface area contributed by atoms with E-state index in [1.54, 1.807) is 23.1 Å². The van der Waals surface area contributed by atoms with Crippen molar-refractivity contribution < 1.29 is 9.90 Å². The fourth-order valence-electron chi connectivity index (χ4n) is 3.14. The summed E-state index contributed by atoms with van der Waals surface area (Å²) in [7, 11) is 0. The summed E-state index contributed by atoms with van der Waals surface area (Å²) in [6.07, 6.45) is 6.53. The molecule has 1 aliphatic rings. The van der Waals surface area contributed by atoms with E-state index < -0.39 is 12.0 Å². The number of hydrogen-bond acceptors (Lipinski definition) is 6. The summed E-state index contributed by atoms with van der Waals surface area (Å²) in [6.45, 7) is 0.564. The minimum atomic E-state index is -0.811. The minimum absolute atomic E-state index is 0.125. The number of nitrogens with two attached hydrogens (primary N) is 1. The van der Waals surface area contributed by atoms with Gasteiger partial charge in [0.25, 0.3) is 0 Å². The Morgan fingerprint density at radius 2 is 2.25 bits per heavy atom. The molecule has 4 heterocycles. The number of fused-ring (bicyclic) bond motifs is 1. The molecular weight excluding hydrogens is 310 g/mol. The minimum Gasteiger partial charge on any atom is -0.480 e. The standard InChI is InChI=1S/C15H17N7O2/c16-13-3-12(8-1-2-11(15(23)24)17-4-8)21-14-10(7-20-22(13)14)9-5-18-19-6-9/h3,5-8,11,17H,1-2,4,16H2,(H,18,19)(H,23,24). The number of nitrogens with one attached hydrogen (secondary N) is 2. The van der Waals surface area contributed by atoms with Crippen LogP contribution in [-0.2, 0) is 4.79 Å². The largest absolute Gasteiger partial charge is 0.480 e. The van der Waals surface area contributed by atoms with Crippen LogP contribution in [0, 0.1) is 0 Å². The first-order valence-corrected chi connectivity index (χ1v) is 7.73. The van der Waals surface area contributed by atoms with Gasteiger partial charge < -0.3 is 16.2 Å². The predicted molar refractivity (Wildman–Crippen MR) is 86.4 cm³/mol. The lowest BCUT2D eigenvalue weighted by Crippen LogP contribution is -2.43. The average molecular weight is 327 g/mol. The van der Waals surface area contributed by atoms with Crippen molar-refractivity contribution in [3.05, 3.63) is 30.4 Å². The van der Waals surface area contributed by atoms with E-state index in [9.17, 15) is 4.79 Å². The number of aromatic nitrogens is 5. The third-order valence-corrected chi connectivity index (χ3v) is 4.46. The second-order valence-electron chi connectivity index (χ2n) is 5.96. The fourth-order valence-corrected chi connectivity index (χ4v) is 3.14. The maximum atomic E-state index is 11.0. The zero-order chi connectivity index (χ0) is 16.7. The lowest BCUT2D eigenvalue weighted by Gasteiger charge is -2.27. The van der Waals surface area contributed by atoms with Crippen LogP contribution in [0.25, 0.3) is 16.8 Å². The molecule has 0 radical (unpaired) electrons. The molecule has 0 bridgehead atoms. The van der Waals surface area contributed by atoms with Gasteiger partial charge in [0.2, 0.25) is 0 Å². The fraction of sp³-hybridized carbons (Fsp3) is 0.333. The Morgan fingerprint density at radius 1 is 1.38 bits per heavy atom. The van der Waals surface area contributed by atoms with Crippen LogP contribution in [0.1, 0.15) is 24.5 Å². The molecule has 3 aromatic heterocycles. The van der Waals surface area contributed by atoms with Crippen LogP contribution >= 0.6 is 0 Å². The second-order valence-corrected chi connectivity index (χ2v) is 5.96. The molecule has 2 unspecified atom stereocenters. The smallest absolute Gasteiger partial charge is 0.320 e. The number of carboxylic acid groups (broad SMARTS) is 1. The molecule has 0 amide bonds. The number of aliphatic carboxylic acids is 1. The Balaban J connectivity index is 1.70. The van der Waals surface area contributed by atoms with E-state index >= 15 is 0 Å². The number of anilines is 1. The molecule has 4 rings (SSSR count). The number of carboxylic acids is 1. The highest BCUT2D eigenvalue weighted by Gasteiger charge is 2.27. The van der Waals surface area contributed by atoms with Gasteiger partial charge in [-0.2, -0.15) is 14.7 Å². The van der Waals surface area contributed by atoms with Gasteiger partial charge in [0.15, 0.2) is 5.65 Å². The van der Waals surface area contributed by atoms with E-state index in [0.29, 0.717) is 24.4 Å². The van der Waals surface area contributed by atoms with Crippen molar-refractivity contribution in [3.8, 4) is 11.1 Å². The lowest BCUT2D eigenvalue weighted by atomic mass is 9.92. The van der Waals surface area contributed by atoms with Gasteiger partial charge in [0.1, 0.15) is 11.9 Å². The van der Waals surface area contributed by atoms with Crippen molar-refractivity contribution in [2.24, 2.45) is 0 Å². The van der Waals surface area contributed by atoms with Gasteiger partial charge in [-0.3, -0.25) is 9.89 Å². The van der Waals surface area contributed by atoms with Crippen LogP contribution in [0.4, 0.5) is 5.82 Å². The molecule has 9 heteroatoms. The monoisotopic (exact) mass is 327 g/mol. The summed E-state index contributed by atoms with van der Waals surface area (Å²) in [6, 6.07) is 1.32. The summed E-state index contributed by atoms with van der Waals surface area (Å²) in [4.78, 5) is 15.8. The van der Waals surface area contributed by atoms with E-state index in [0.717, 1.165) is 23.2 Å². The highest BCUT2D eigenvalue weighted by molar-refractivity contribution is 5.77. The molecule has 24 heavy (non-hydrogen) atoms. The first-order chi connectivity index (χ1) is 11.6. The van der Waals surface area contributed by atoms with Crippen molar-refractivity contribution in [1.29, 1.82) is 0 Å². The molecule has 9 nitrogen and oxygen atoms in total. The normalized spacial score (nSPS) is 21.2. The van der Waals surface area contributed by atoms with Crippen molar-refractivity contribution >= 4 is 17.4 Å².